The summed E-state index contributed by atoms with van der Waals surface area (Å²) in [6, 6.07) is 8.68. The largest absolute Gasteiger partial charge is 0.306 e. The number of sulfone groups is 1. The molecule has 1 atom stereocenters. The molecule has 1 aromatic rings. The lowest BCUT2D eigenvalue weighted by Gasteiger charge is -2.11. The normalized spacial score (nSPS) is 19.2. The van der Waals surface area contributed by atoms with Gasteiger partial charge in [0.15, 0.2) is 0 Å². The Morgan fingerprint density at radius 3 is 2.88 bits per heavy atom. The Morgan fingerprint density at radius 1 is 1.35 bits per heavy atom. The molecule has 94 valence electrons. The van der Waals surface area contributed by atoms with Crippen molar-refractivity contribution in [3.63, 3.8) is 0 Å². The molecular weight excluding hydrogens is 234 g/mol. The predicted molar refractivity (Wildman–Crippen MR) is 69.6 cm³/mol. The Balaban J connectivity index is 1.90. The van der Waals surface area contributed by atoms with Crippen LogP contribution in [-0.4, -0.2) is 19.9 Å². The summed E-state index contributed by atoms with van der Waals surface area (Å²) in [6.07, 6.45) is 1.64. The van der Waals surface area contributed by atoms with Crippen molar-refractivity contribution < 1.29 is 8.42 Å². The Hall–Kier alpha value is -0.870. The minimum absolute atomic E-state index is 0.252. The molecule has 1 aromatic carbocycles. The summed E-state index contributed by atoms with van der Waals surface area (Å²) >= 11 is 0. The fourth-order valence-corrected chi connectivity index (χ4v) is 3.18. The SMILES string of the molecule is CCS(=O)(=O)CCCC1NCc2ccccc21. The highest BCUT2D eigenvalue weighted by atomic mass is 32.2. The van der Waals surface area contributed by atoms with Crippen molar-refractivity contribution in [2.75, 3.05) is 11.5 Å². The summed E-state index contributed by atoms with van der Waals surface area (Å²) in [7, 11) is -2.82. The molecule has 1 aliphatic rings. The number of fused-ring (bicyclic) bond motifs is 1. The zero-order valence-electron chi connectivity index (χ0n) is 10.1. The molecule has 0 saturated heterocycles. The van der Waals surface area contributed by atoms with Crippen molar-refractivity contribution in [2.24, 2.45) is 0 Å². The summed E-state index contributed by atoms with van der Waals surface area (Å²) in [5.74, 6) is 0.561. The summed E-state index contributed by atoms with van der Waals surface area (Å²) < 4.78 is 22.8. The summed E-state index contributed by atoms with van der Waals surface area (Å²) in [4.78, 5) is 0. The highest BCUT2D eigenvalue weighted by Crippen LogP contribution is 2.28. The van der Waals surface area contributed by atoms with Crippen LogP contribution in [0.15, 0.2) is 24.3 Å². The van der Waals surface area contributed by atoms with Crippen molar-refractivity contribution in [3.05, 3.63) is 35.4 Å². The van der Waals surface area contributed by atoms with E-state index >= 15 is 0 Å². The molecule has 1 heterocycles. The highest BCUT2D eigenvalue weighted by molar-refractivity contribution is 7.91. The van der Waals surface area contributed by atoms with Gasteiger partial charge < -0.3 is 5.32 Å². The third-order valence-electron chi connectivity index (χ3n) is 3.36. The lowest BCUT2D eigenvalue weighted by molar-refractivity contribution is 0.530. The van der Waals surface area contributed by atoms with Crippen LogP contribution in [0.25, 0.3) is 0 Å². The van der Waals surface area contributed by atoms with Gasteiger partial charge >= 0.3 is 0 Å². The van der Waals surface area contributed by atoms with E-state index in [0.29, 0.717) is 11.8 Å². The molecule has 17 heavy (non-hydrogen) atoms. The molecular formula is C13H19NO2S. The molecule has 1 N–H and O–H groups in total. The fourth-order valence-electron chi connectivity index (χ4n) is 2.29. The number of rotatable bonds is 5. The van der Waals surface area contributed by atoms with Crippen molar-refractivity contribution in [1.82, 2.24) is 5.32 Å². The van der Waals surface area contributed by atoms with Crippen molar-refractivity contribution in [2.45, 2.75) is 32.4 Å². The zero-order chi connectivity index (χ0) is 12.3. The van der Waals surface area contributed by atoms with Crippen LogP contribution in [0.4, 0.5) is 0 Å². The first-order valence-electron chi connectivity index (χ1n) is 6.14. The molecule has 0 spiro atoms. The third-order valence-corrected chi connectivity index (χ3v) is 5.15. The maximum Gasteiger partial charge on any atom is 0.150 e. The lowest BCUT2D eigenvalue weighted by atomic mass is 10.0. The average molecular weight is 253 g/mol. The number of hydrogen-bond donors (Lipinski definition) is 1. The Bertz CT molecular complexity index is 482. The predicted octanol–water partition coefficient (Wildman–Crippen LogP) is 2.05. The molecule has 0 aromatic heterocycles. The molecule has 0 saturated carbocycles. The van der Waals surface area contributed by atoms with E-state index in [-0.39, 0.29) is 5.75 Å². The van der Waals surface area contributed by atoms with E-state index in [1.165, 1.54) is 11.1 Å². The van der Waals surface area contributed by atoms with Crippen LogP contribution in [0.1, 0.15) is 36.9 Å². The van der Waals surface area contributed by atoms with E-state index in [0.717, 1.165) is 19.4 Å². The van der Waals surface area contributed by atoms with E-state index < -0.39 is 9.84 Å². The van der Waals surface area contributed by atoms with Gasteiger partial charge in [0, 0.05) is 18.3 Å². The van der Waals surface area contributed by atoms with Crippen molar-refractivity contribution in [1.29, 1.82) is 0 Å². The molecule has 2 rings (SSSR count). The first-order chi connectivity index (χ1) is 8.12. The second kappa shape index (κ2) is 5.19. The van der Waals surface area contributed by atoms with Crippen LogP contribution in [-0.2, 0) is 16.4 Å². The summed E-state index contributed by atoms with van der Waals surface area (Å²) in [5.41, 5.74) is 2.68. The van der Waals surface area contributed by atoms with E-state index in [2.05, 4.69) is 17.4 Å². The summed E-state index contributed by atoms with van der Waals surface area (Å²) in [5, 5.41) is 3.43. The molecule has 0 amide bonds. The van der Waals surface area contributed by atoms with Gasteiger partial charge in [-0.15, -0.1) is 0 Å². The van der Waals surface area contributed by atoms with Crippen LogP contribution >= 0.6 is 0 Å². The molecule has 1 unspecified atom stereocenters. The van der Waals surface area contributed by atoms with Crippen molar-refractivity contribution >= 4 is 9.84 Å². The van der Waals surface area contributed by atoms with Crippen LogP contribution in [0.3, 0.4) is 0 Å². The van der Waals surface area contributed by atoms with Crippen LogP contribution < -0.4 is 5.32 Å². The Kier molecular flexibility index (Phi) is 3.84. The fraction of sp³-hybridized carbons (Fsp3) is 0.538. The van der Waals surface area contributed by atoms with Gasteiger partial charge in [0.2, 0.25) is 0 Å². The van der Waals surface area contributed by atoms with Gasteiger partial charge in [-0.25, -0.2) is 8.42 Å². The molecule has 0 bridgehead atoms. The first-order valence-corrected chi connectivity index (χ1v) is 7.96. The van der Waals surface area contributed by atoms with Gasteiger partial charge in [-0.1, -0.05) is 31.2 Å². The van der Waals surface area contributed by atoms with E-state index in [9.17, 15) is 8.42 Å². The van der Waals surface area contributed by atoms with E-state index in [4.69, 9.17) is 0 Å². The molecule has 1 aliphatic heterocycles. The number of nitrogens with one attached hydrogen (secondary N) is 1. The van der Waals surface area contributed by atoms with Gasteiger partial charge in [-0.05, 0) is 24.0 Å². The maximum atomic E-state index is 11.4. The van der Waals surface area contributed by atoms with Gasteiger partial charge in [0.05, 0.1) is 5.75 Å². The van der Waals surface area contributed by atoms with E-state index in [1.54, 1.807) is 6.92 Å². The van der Waals surface area contributed by atoms with Crippen LogP contribution in [0, 0.1) is 0 Å². The van der Waals surface area contributed by atoms with Crippen molar-refractivity contribution in [3.8, 4) is 0 Å². The van der Waals surface area contributed by atoms with Gasteiger partial charge in [0.25, 0.3) is 0 Å². The smallest absolute Gasteiger partial charge is 0.150 e. The van der Waals surface area contributed by atoms with E-state index in [1.807, 2.05) is 12.1 Å². The number of benzene rings is 1. The monoisotopic (exact) mass is 253 g/mol. The Morgan fingerprint density at radius 2 is 2.12 bits per heavy atom. The Labute approximate surface area is 103 Å². The first kappa shape index (κ1) is 12.6. The lowest BCUT2D eigenvalue weighted by Crippen LogP contribution is -2.15. The molecule has 3 nitrogen and oxygen atoms in total. The second-order valence-electron chi connectivity index (χ2n) is 4.51. The zero-order valence-corrected chi connectivity index (χ0v) is 11.0. The average Bonchev–Trinajstić information content (AvgIpc) is 2.73. The summed E-state index contributed by atoms with van der Waals surface area (Å²) in [6.45, 7) is 2.61. The molecule has 4 heteroatoms. The topological polar surface area (TPSA) is 46.2 Å². The van der Waals surface area contributed by atoms with Crippen LogP contribution in [0.2, 0.25) is 0 Å². The number of hydrogen-bond acceptors (Lipinski definition) is 3. The van der Waals surface area contributed by atoms with Crippen LogP contribution in [0.5, 0.6) is 0 Å². The highest BCUT2D eigenvalue weighted by Gasteiger charge is 2.21. The van der Waals surface area contributed by atoms with Gasteiger partial charge in [-0.3, -0.25) is 0 Å². The molecule has 0 aliphatic carbocycles. The quantitative estimate of drug-likeness (QED) is 0.873. The maximum absolute atomic E-state index is 11.4. The van der Waals surface area contributed by atoms with Gasteiger partial charge in [-0.2, -0.15) is 0 Å². The third kappa shape index (κ3) is 3.07. The van der Waals surface area contributed by atoms with Gasteiger partial charge in [0.1, 0.15) is 9.84 Å². The molecule has 0 radical (unpaired) electrons. The standard InChI is InChI=1S/C13H19NO2S/c1-2-17(15,16)9-5-8-13-12-7-4-3-6-11(12)10-14-13/h3-4,6-7,13-14H,2,5,8-10H2,1H3. The minimum Gasteiger partial charge on any atom is -0.306 e. The molecule has 0 fully saturated rings. The second-order valence-corrected chi connectivity index (χ2v) is 6.98. The minimum atomic E-state index is -2.82.